The molecule has 0 amide bonds. The summed E-state index contributed by atoms with van der Waals surface area (Å²) in [5.41, 5.74) is 12.7. The van der Waals surface area contributed by atoms with Crippen LogP contribution in [0.5, 0.6) is 23.0 Å². The van der Waals surface area contributed by atoms with E-state index in [1.807, 2.05) is 54.6 Å². The first-order valence-corrected chi connectivity index (χ1v) is 6.86. The van der Waals surface area contributed by atoms with Gasteiger partial charge in [-0.1, -0.05) is 6.07 Å². The highest BCUT2D eigenvalue weighted by Gasteiger charge is 2.00. The summed E-state index contributed by atoms with van der Waals surface area (Å²) in [6.07, 6.45) is 0. The molecule has 0 unspecified atom stereocenters. The van der Waals surface area contributed by atoms with E-state index in [9.17, 15) is 0 Å². The predicted octanol–water partition coefficient (Wildman–Crippen LogP) is 4.44. The lowest BCUT2D eigenvalue weighted by Crippen LogP contribution is -1.89. The number of nitrogens with two attached hydrogens (primary N) is 2. The van der Waals surface area contributed by atoms with E-state index >= 15 is 0 Å². The maximum Gasteiger partial charge on any atom is 0.129 e. The minimum atomic E-state index is 0.667. The largest absolute Gasteiger partial charge is 0.457 e. The third kappa shape index (κ3) is 3.49. The van der Waals surface area contributed by atoms with Crippen LogP contribution in [0.15, 0.2) is 72.8 Å². The molecule has 3 aromatic carbocycles. The molecule has 0 aliphatic heterocycles. The zero-order valence-corrected chi connectivity index (χ0v) is 11.9. The van der Waals surface area contributed by atoms with Crippen LogP contribution in [0.4, 0.5) is 11.4 Å². The Morgan fingerprint density at radius 1 is 0.500 bits per heavy atom. The minimum absolute atomic E-state index is 0.667. The second-order valence-electron chi connectivity index (χ2n) is 4.82. The summed E-state index contributed by atoms with van der Waals surface area (Å²) in [5.74, 6) is 2.88. The van der Waals surface area contributed by atoms with Gasteiger partial charge < -0.3 is 20.9 Å². The molecule has 22 heavy (non-hydrogen) atoms. The lowest BCUT2D eigenvalue weighted by atomic mass is 10.3. The molecule has 0 heterocycles. The fourth-order valence-corrected chi connectivity index (χ4v) is 1.96. The molecule has 0 spiro atoms. The molecule has 0 bridgehead atoms. The fraction of sp³-hybridized carbons (Fsp3) is 0. The van der Waals surface area contributed by atoms with E-state index in [0.717, 1.165) is 17.2 Å². The van der Waals surface area contributed by atoms with Crippen molar-refractivity contribution < 1.29 is 9.47 Å². The summed E-state index contributed by atoms with van der Waals surface area (Å²) in [6, 6.07) is 21.9. The fourth-order valence-electron chi connectivity index (χ4n) is 1.96. The van der Waals surface area contributed by atoms with Crippen molar-refractivity contribution in [1.29, 1.82) is 0 Å². The summed E-state index contributed by atoms with van der Waals surface area (Å²) in [6.45, 7) is 0. The summed E-state index contributed by atoms with van der Waals surface area (Å²) in [5, 5.41) is 0. The molecule has 0 saturated heterocycles. The van der Waals surface area contributed by atoms with Crippen molar-refractivity contribution in [2.45, 2.75) is 0 Å². The average Bonchev–Trinajstić information content (AvgIpc) is 2.52. The van der Waals surface area contributed by atoms with Crippen molar-refractivity contribution in [3.8, 4) is 23.0 Å². The Labute approximate surface area is 128 Å². The Morgan fingerprint density at radius 2 is 1.00 bits per heavy atom. The molecule has 4 nitrogen and oxygen atoms in total. The molecule has 0 aliphatic rings. The van der Waals surface area contributed by atoms with Crippen molar-refractivity contribution in [3.63, 3.8) is 0 Å². The highest BCUT2D eigenvalue weighted by molar-refractivity contribution is 5.46. The molecule has 0 fully saturated rings. The predicted molar refractivity (Wildman–Crippen MR) is 88.3 cm³/mol. The van der Waals surface area contributed by atoms with Gasteiger partial charge in [0.25, 0.3) is 0 Å². The first-order chi connectivity index (χ1) is 10.7. The van der Waals surface area contributed by atoms with E-state index in [4.69, 9.17) is 20.9 Å². The number of rotatable bonds is 4. The van der Waals surface area contributed by atoms with Crippen LogP contribution in [0.1, 0.15) is 0 Å². The number of benzene rings is 3. The van der Waals surface area contributed by atoms with Gasteiger partial charge in [0, 0.05) is 17.4 Å². The molecular weight excluding hydrogens is 276 g/mol. The SMILES string of the molecule is Nc1ccc(Oc2ccc(Oc3cccc(N)c3)cc2)cc1. The van der Waals surface area contributed by atoms with Crippen molar-refractivity contribution in [3.05, 3.63) is 72.8 Å². The number of hydrogen-bond donors (Lipinski definition) is 2. The normalized spacial score (nSPS) is 10.2. The standard InChI is InChI=1S/C18H16N2O2/c19-13-4-6-15(7-5-13)21-16-8-10-17(11-9-16)22-18-3-1-2-14(20)12-18/h1-12H,19-20H2. The van der Waals surface area contributed by atoms with Crippen LogP contribution >= 0.6 is 0 Å². The van der Waals surface area contributed by atoms with Crippen LogP contribution in [0.3, 0.4) is 0 Å². The molecule has 0 saturated carbocycles. The van der Waals surface area contributed by atoms with Crippen LogP contribution in [0.2, 0.25) is 0 Å². The smallest absolute Gasteiger partial charge is 0.129 e. The topological polar surface area (TPSA) is 70.5 Å². The molecule has 110 valence electrons. The quantitative estimate of drug-likeness (QED) is 0.698. The van der Waals surface area contributed by atoms with E-state index < -0.39 is 0 Å². The monoisotopic (exact) mass is 292 g/mol. The molecule has 0 atom stereocenters. The maximum absolute atomic E-state index is 5.73. The van der Waals surface area contributed by atoms with Crippen LogP contribution in [-0.2, 0) is 0 Å². The molecule has 0 aliphatic carbocycles. The van der Waals surface area contributed by atoms with Gasteiger partial charge in [-0.15, -0.1) is 0 Å². The molecule has 3 aromatic rings. The zero-order valence-electron chi connectivity index (χ0n) is 11.9. The maximum atomic E-state index is 5.73. The molecule has 4 N–H and O–H groups in total. The van der Waals surface area contributed by atoms with Crippen LogP contribution < -0.4 is 20.9 Å². The van der Waals surface area contributed by atoms with Gasteiger partial charge in [-0.25, -0.2) is 0 Å². The lowest BCUT2D eigenvalue weighted by molar-refractivity contribution is 0.469. The van der Waals surface area contributed by atoms with Gasteiger partial charge in [0.1, 0.15) is 23.0 Å². The van der Waals surface area contributed by atoms with Gasteiger partial charge >= 0.3 is 0 Å². The minimum Gasteiger partial charge on any atom is -0.457 e. The van der Waals surface area contributed by atoms with Crippen molar-refractivity contribution in [2.24, 2.45) is 0 Å². The van der Waals surface area contributed by atoms with Crippen LogP contribution in [0.25, 0.3) is 0 Å². The first-order valence-electron chi connectivity index (χ1n) is 6.86. The first kappa shape index (κ1) is 13.8. The summed E-state index contributed by atoms with van der Waals surface area (Å²) >= 11 is 0. The number of nitrogen functional groups attached to an aromatic ring is 2. The summed E-state index contributed by atoms with van der Waals surface area (Å²) in [7, 11) is 0. The van der Waals surface area contributed by atoms with Crippen molar-refractivity contribution in [1.82, 2.24) is 0 Å². The van der Waals surface area contributed by atoms with E-state index in [1.54, 1.807) is 18.2 Å². The van der Waals surface area contributed by atoms with Gasteiger partial charge in [-0.05, 0) is 60.7 Å². The Morgan fingerprint density at radius 3 is 1.55 bits per heavy atom. The Kier molecular flexibility index (Phi) is 3.83. The van der Waals surface area contributed by atoms with E-state index in [1.165, 1.54) is 0 Å². The number of anilines is 2. The summed E-state index contributed by atoms with van der Waals surface area (Å²) in [4.78, 5) is 0. The Balaban J connectivity index is 1.68. The molecule has 4 heteroatoms. The second-order valence-corrected chi connectivity index (χ2v) is 4.82. The highest BCUT2D eigenvalue weighted by Crippen LogP contribution is 2.27. The number of ether oxygens (including phenoxy) is 2. The highest BCUT2D eigenvalue weighted by atomic mass is 16.5. The van der Waals surface area contributed by atoms with Gasteiger partial charge in [-0.3, -0.25) is 0 Å². The Hall–Kier alpha value is -3.14. The van der Waals surface area contributed by atoms with Gasteiger partial charge in [-0.2, -0.15) is 0 Å². The third-order valence-corrected chi connectivity index (χ3v) is 3.03. The number of hydrogen-bond acceptors (Lipinski definition) is 4. The molecule has 0 aromatic heterocycles. The van der Waals surface area contributed by atoms with Crippen LogP contribution in [0, 0.1) is 0 Å². The molecular formula is C18H16N2O2. The average molecular weight is 292 g/mol. The van der Waals surface area contributed by atoms with Crippen molar-refractivity contribution in [2.75, 3.05) is 11.5 Å². The van der Waals surface area contributed by atoms with Crippen LogP contribution in [-0.4, -0.2) is 0 Å². The van der Waals surface area contributed by atoms with Gasteiger partial charge in [0.05, 0.1) is 0 Å². The molecule has 0 radical (unpaired) electrons. The van der Waals surface area contributed by atoms with Gasteiger partial charge in [0.15, 0.2) is 0 Å². The summed E-state index contributed by atoms with van der Waals surface area (Å²) < 4.78 is 11.5. The van der Waals surface area contributed by atoms with E-state index in [0.29, 0.717) is 17.1 Å². The lowest BCUT2D eigenvalue weighted by Gasteiger charge is -2.09. The van der Waals surface area contributed by atoms with Gasteiger partial charge in [0.2, 0.25) is 0 Å². The Bertz CT molecular complexity index is 753. The van der Waals surface area contributed by atoms with E-state index in [-0.39, 0.29) is 0 Å². The third-order valence-electron chi connectivity index (χ3n) is 3.03. The van der Waals surface area contributed by atoms with Crippen molar-refractivity contribution >= 4 is 11.4 Å². The second kappa shape index (κ2) is 6.10. The zero-order chi connectivity index (χ0) is 15.4. The van der Waals surface area contributed by atoms with E-state index in [2.05, 4.69) is 0 Å². The molecule has 3 rings (SSSR count).